The summed E-state index contributed by atoms with van der Waals surface area (Å²) in [6, 6.07) is -1.00. The van der Waals surface area contributed by atoms with Gasteiger partial charge in [-0.1, -0.05) is 147 Å². The maximum atomic E-state index is 12.7. The van der Waals surface area contributed by atoms with Gasteiger partial charge in [0.15, 0.2) is 0 Å². The number of hydrogen-bond acceptors (Lipinski definition) is 7. The Balaban J connectivity index is 4.53. The van der Waals surface area contributed by atoms with Crippen LogP contribution in [-0.2, 0) is 18.4 Å². The molecule has 0 aromatic rings. The Hall–Kier alpha value is -1.32. The molecule has 4 unspecified atom stereocenters. The van der Waals surface area contributed by atoms with Gasteiger partial charge in [0.2, 0.25) is 5.91 Å². The lowest BCUT2D eigenvalue weighted by Crippen LogP contribution is -2.46. The number of allylic oxidation sites excluding steroid dienone is 5. The highest BCUT2D eigenvalue weighted by Crippen LogP contribution is 2.43. The number of aliphatic hydroxyl groups is 2. The predicted molar refractivity (Wildman–Crippen MR) is 200 cm³/mol. The molecule has 6 N–H and O–H groups in total. The molecule has 0 aliphatic carbocycles. The molecule has 4 atom stereocenters. The van der Waals surface area contributed by atoms with E-state index in [0.717, 1.165) is 44.9 Å². The SMILES string of the molecule is CCCCCCC/C=C/CC/C=C/CC/C=C/C(O)C(COP(=O)(O)OCCN)NC(=O)CC(O)CCCCCCCCCCCCC. The van der Waals surface area contributed by atoms with Crippen LogP contribution in [0, 0.1) is 0 Å². The van der Waals surface area contributed by atoms with E-state index in [9.17, 15) is 24.5 Å². The van der Waals surface area contributed by atoms with E-state index in [1.807, 2.05) is 6.08 Å². The minimum absolute atomic E-state index is 0.0425. The lowest BCUT2D eigenvalue weighted by atomic mass is 10.0. The lowest BCUT2D eigenvalue weighted by Gasteiger charge is -2.24. The minimum Gasteiger partial charge on any atom is -0.393 e. The first-order valence-corrected chi connectivity index (χ1v) is 20.7. The highest BCUT2D eigenvalue weighted by Gasteiger charge is 2.27. The van der Waals surface area contributed by atoms with Crippen LogP contribution in [0.25, 0.3) is 0 Å². The summed E-state index contributed by atoms with van der Waals surface area (Å²) in [7, 11) is -4.40. The molecule has 282 valence electrons. The Morgan fingerprint density at radius 1 is 0.708 bits per heavy atom. The fourth-order valence-electron chi connectivity index (χ4n) is 5.32. The predicted octanol–water partition coefficient (Wildman–Crippen LogP) is 8.97. The number of nitrogens with one attached hydrogen (secondary N) is 1. The highest BCUT2D eigenvalue weighted by atomic mass is 31.2. The van der Waals surface area contributed by atoms with Gasteiger partial charge in [0.25, 0.3) is 0 Å². The second-order valence-electron chi connectivity index (χ2n) is 13.0. The zero-order valence-electron chi connectivity index (χ0n) is 30.6. The van der Waals surface area contributed by atoms with Crippen molar-refractivity contribution >= 4 is 13.7 Å². The van der Waals surface area contributed by atoms with Crippen LogP contribution >= 0.6 is 7.82 Å². The smallest absolute Gasteiger partial charge is 0.393 e. The van der Waals surface area contributed by atoms with Gasteiger partial charge < -0.3 is 26.2 Å². The average molecular weight is 701 g/mol. The van der Waals surface area contributed by atoms with Gasteiger partial charge in [-0.05, 0) is 44.9 Å². The van der Waals surface area contributed by atoms with Crippen molar-refractivity contribution in [3.8, 4) is 0 Å². The molecule has 0 aromatic carbocycles. The monoisotopic (exact) mass is 701 g/mol. The number of carbonyl (C=O) groups is 1. The summed E-state index contributed by atoms with van der Waals surface area (Å²) in [5.74, 6) is -0.462. The van der Waals surface area contributed by atoms with Gasteiger partial charge in [-0.3, -0.25) is 13.8 Å². The third-order valence-electron chi connectivity index (χ3n) is 8.25. The summed E-state index contributed by atoms with van der Waals surface area (Å²) in [4.78, 5) is 22.6. The quantitative estimate of drug-likeness (QED) is 0.0250. The number of aliphatic hydroxyl groups excluding tert-OH is 2. The van der Waals surface area contributed by atoms with Gasteiger partial charge in [-0.2, -0.15) is 0 Å². The molecule has 0 fully saturated rings. The van der Waals surface area contributed by atoms with Crippen molar-refractivity contribution < 1.29 is 33.5 Å². The van der Waals surface area contributed by atoms with E-state index in [-0.39, 0.29) is 19.6 Å². The van der Waals surface area contributed by atoms with Crippen LogP contribution in [0.2, 0.25) is 0 Å². The molecule has 48 heavy (non-hydrogen) atoms. The van der Waals surface area contributed by atoms with Crippen LogP contribution in [0.3, 0.4) is 0 Å². The fourth-order valence-corrected chi connectivity index (χ4v) is 6.08. The molecule has 1 amide bonds. The molecule has 0 spiro atoms. The second kappa shape index (κ2) is 34.1. The fraction of sp³-hybridized carbons (Fsp3) is 0.816. The molecular weight excluding hydrogens is 627 g/mol. The molecular formula is C38H73N2O7P. The molecule has 0 aliphatic heterocycles. The van der Waals surface area contributed by atoms with Crippen molar-refractivity contribution in [3.05, 3.63) is 36.5 Å². The molecule has 0 saturated heterocycles. The van der Waals surface area contributed by atoms with Crippen molar-refractivity contribution in [2.75, 3.05) is 19.8 Å². The number of phosphoric ester groups is 1. The summed E-state index contributed by atoms with van der Waals surface area (Å²) >= 11 is 0. The van der Waals surface area contributed by atoms with Gasteiger partial charge in [0, 0.05) is 6.54 Å². The maximum absolute atomic E-state index is 12.7. The molecule has 0 radical (unpaired) electrons. The Morgan fingerprint density at radius 2 is 1.19 bits per heavy atom. The molecule has 10 heteroatoms. The number of rotatable bonds is 35. The summed E-state index contributed by atoms with van der Waals surface area (Å²) in [6.45, 7) is 3.90. The van der Waals surface area contributed by atoms with Crippen molar-refractivity contribution in [3.63, 3.8) is 0 Å². The Kier molecular flexibility index (Phi) is 33.2. The van der Waals surface area contributed by atoms with E-state index in [4.69, 9.17) is 14.8 Å². The third-order valence-corrected chi connectivity index (χ3v) is 9.24. The minimum atomic E-state index is -4.40. The summed E-state index contributed by atoms with van der Waals surface area (Å²) in [5.41, 5.74) is 5.34. The number of carbonyl (C=O) groups excluding carboxylic acids is 1. The Labute approximate surface area is 293 Å². The van der Waals surface area contributed by atoms with Crippen molar-refractivity contribution in [2.45, 2.75) is 180 Å². The van der Waals surface area contributed by atoms with E-state index < -0.39 is 38.6 Å². The van der Waals surface area contributed by atoms with E-state index in [2.05, 4.69) is 43.5 Å². The number of hydrogen-bond donors (Lipinski definition) is 5. The van der Waals surface area contributed by atoms with E-state index in [1.54, 1.807) is 6.08 Å². The van der Waals surface area contributed by atoms with Crippen LogP contribution in [0.15, 0.2) is 36.5 Å². The molecule has 0 heterocycles. The van der Waals surface area contributed by atoms with Gasteiger partial charge >= 0.3 is 7.82 Å². The topological polar surface area (TPSA) is 151 Å². The van der Waals surface area contributed by atoms with Crippen LogP contribution in [0.4, 0.5) is 0 Å². The molecule has 0 aliphatic rings. The number of phosphoric acid groups is 1. The number of amides is 1. The van der Waals surface area contributed by atoms with Gasteiger partial charge in [0.1, 0.15) is 0 Å². The van der Waals surface area contributed by atoms with Crippen LogP contribution in [0.5, 0.6) is 0 Å². The third kappa shape index (κ3) is 31.9. The van der Waals surface area contributed by atoms with Gasteiger partial charge in [-0.25, -0.2) is 4.57 Å². The highest BCUT2D eigenvalue weighted by molar-refractivity contribution is 7.47. The van der Waals surface area contributed by atoms with E-state index >= 15 is 0 Å². The first-order valence-electron chi connectivity index (χ1n) is 19.2. The zero-order valence-corrected chi connectivity index (χ0v) is 31.5. The maximum Gasteiger partial charge on any atom is 0.472 e. The van der Waals surface area contributed by atoms with Gasteiger partial charge in [-0.15, -0.1) is 0 Å². The zero-order chi connectivity index (χ0) is 35.6. The molecule has 0 rings (SSSR count). The normalized spacial score (nSPS) is 15.4. The largest absolute Gasteiger partial charge is 0.472 e. The standard InChI is InChI=1S/C38H73N2O7P/c1-3-5-7-9-11-13-15-16-17-18-20-22-24-26-28-30-37(42)36(34-47-48(44,45)46-32-31-39)40-38(43)33-35(41)29-27-25-23-21-19-14-12-10-8-6-4-2/h15-16,20,22,28,30,35-37,41-42H,3-14,17-19,21,23-27,29,31-34,39H2,1-2H3,(H,40,43)(H,44,45)/b16-15+,22-20+,30-28+. The number of unbranched alkanes of at least 4 members (excludes halogenated alkanes) is 17. The Morgan fingerprint density at radius 3 is 1.73 bits per heavy atom. The molecule has 0 bridgehead atoms. The molecule has 0 saturated carbocycles. The molecule has 9 nitrogen and oxygen atoms in total. The van der Waals surface area contributed by atoms with Crippen LogP contribution < -0.4 is 11.1 Å². The summed E-state index contributed by atoms with van der Waals surface area (Å²) < 4.78 is 22.0. The van der Waals surface area contributed by atoms with Gasteiger partial charge in [0.05, 0.1) is 37.9 Å². The summed E-state index contributed by atoms with van der Waals surface area (Å²) in [5, 5.41) is 23.9. The summed E-state index contributed by atoms with van der Waals surface area (Å²) in [6.07, 6.45) is 35.2. The van der Waals surface area contributed by atoms with E-state index in [1.165, 1.54) is 83.5 Å². The first kappa shape index (κ1) is 46.7. The van der Waals surface area contributed by atoms with Crippen molar-refractivity contribution in [1.29, 1.82) is 0 Å². The first-order chi connectivity index (χ1) is 23.3. The van der Waals surface area contributed by atoms with Crippen molar-refractivity contribution in [1.82, 2.24) is 5.32 Å². The Bertz CT molecular complexity index is 868. The van der Waals surface area contributed by atoms with Crippen molar-refractivity contribution in [2.24, 2.45) is 5.73 Å². The number of nitrogens with two attached hydrogens (primary N) is 1. The molecule has 0 aromatic heterocycles. The van der Waals surface area contributed by atoms with E-state index in [0.29, 0.717) is 12.8 Å². The second-order valence-corrected chi connectivity index (χ2v) is 14.4. The van der Waals surface area contributed by atoms with Crippen LogP contribution in [0.1, 0.15) is 162 Å². The van der Waals surface area contributed by atoms with Crippen LogP contribution in [-0.4, -0.2) is 59.0 Å². The lowest BCUT2D eigenvalue weighted by molar-refractivity contribution is -0.124. The average Bonchev–Trinajstić information content (AvgIpc) is 3.06.